The van der Waals surface area contributed by atoms with Crippen molar-refractivity contribution in [1.82, 2.24) is 5.32 Å². The van der Waals surface area contributed by atoms with E-state index in [2.05, 4.69) is 19.2 Å². The summed E-state index contributed by atoms with van der Waals surface area (Å²) in [7, 11) is 0. The summed E-state index contributed by atoms with van der Waals surface area (Å²) in [5.41, 5.74) is 0. The number of carboxylic acid groups (broad SMARTS) is 2. The monoisotopic (exact) mass is 261 g/mol. The summed E-state index contributed by atoms with van der Waals surface area (Å²) in [4.78, 5) is 30.5. The van der Waals surface area contributed by atoms with Crippen LogP contribution in [0.4, 0.5) is 4.79 Å². The lowest BCUT2D eigenvalue weighted by molar-refractivity contribution is -0.126. The Morgan fingerprint density at radius 3 is 2.39 bits per heavy atom. The van der Waals surface area contributed by atoms with Gasteiger partial charge in [-0.3, -0.25) is 14.9 Å². The average Bonchev–Trinajstić information content (AvgIpc) is 2.51. The summed E-state index contributed by atoms with van der Waals surface area (Å²) in [5, 5.41) is 16.2. The molecule has 0 aromatic rings. The normalized spacial score (nSPS) is 18.3. The van der Waals surface area contributed by atoms with E-state index in [1.807, 2.05) is 0 Å². The van der Waals surface area contributed by atoms with Gasteiger partial charge in [-0.25, -0.2) is 4.79 Å². The van der Waals surface area contributed by atoms with Crippen molar-refractivity contribution in [1.29, 1.82) is 0 Å². The van der Waals surface area contributed by atoms with Crippen molar-refractivity contribution in [2.75, 3.05) is 13.2 Å². The third-order valence-electron chi connectivity index (χ3n) is 2.13. The number of hydrogen-bond acceptors (Lipinski definition) is 4. The second-order valence-electron chi connectivity index (χ2n) is 4.35. The summed E-state index contributed by atoms with van der Waals surface area (Å²) >= 11 is 0. The van der Waals surface area contributed by atoms with Gasteiger partial charge in [0.05, 0.1) is 0 Å². The maximum absolute atomic E-state index is 11.1. The van der Waals surface area contributed by atoms with Gasteiger partial charge in [0.15, 0.2) is 0 Å². The summed E-state index contributed by atoms with van der Waals surface area (Å²) < 4.78 is 5.35. The molecule has 2 amide bonds. The first-order chi connectivity index (χ1) is 8.32. The van der Waals surface area contributed by atoms with Crippen LogP contribution < -0.4 is 5.32 Å². The largest absolute Gasteiger partial charge is 0.503 e. The number of rotatable bonds is 5. The number of amides is 2. The summed E-state index contributed by atoms with van der Waals surface area (Å²) in [5.74, 6) is 0.0238. The molecular weight excluding hydrogens is 242 g/mol. The van der Waals surface area contributed by atoms with Crippen molar-refractivity contribution in [3.8, 4) is 0 Å². The Bertz CT molecular complexity index is 298. The van der Waals surface area contributed by atoms with Crippen LogP contribution >= 0.6 is 0 Å². The summed E-state index contributed by atoms with van der Waals surface area (Å²) in [6.45, 7) is 5.42. The molecule has 0 bridgehead atoms. The van der Waals surface area contributed by atoms with Crippen LogP contribution in [0.2, 0.25) is 0 Å². The Morgan fingerprint density at radius 2 is 2.00 bits per heavy atom. The van der Waals surface area contributed by atoms with Crippen LogP contribution in [0.15, 0.2) is 0 Å². The van der Waals surface area contributed by atoms with Crippen molar-refractivity contribution in [2.24, 2.45) is 11.8 Å². The van der Waals surface area contributed by atoms with E-state index in [0.717, 1.165) is 0 Å². The highest BCUT2D eigenvalue weighted by Crippen LogP contribution is 2.14. The molecular formula is C11H19NO6. The van der Waals surface area contributed by atoms with Gasteiger partial charge in [0, 0.05) is 25.6 Å². The lowest BCUT2D eigenvalue weighted by Crippen LogP contribution is -2.22. The molecule has 0 saturated carbocycles. The number of hydrogen-bond donors (Lipinski definition) is 3. The van der Waals surface area contributed by atoms with Gasteiger partial charge >= 0.3 is 6.16 Å². The molecule has 0 spiro atoms. The van der Waals surface area contributed by atoms with Crippen molar-refractivity contribution < 1.29 is 29.3 Å². The first-order valence-corrected chi connectivity index (χ1v) is 5.66. The minimum atomic E-state index is -1.83. The van der Waals surface area contributed by atoms with E-state index in [-0.39, 0.29) is 17.7 Å². The lowest BCUT2D eigenvalue weighted by Gasteiger charge is -2.08. The van der Waals surface area contributed by atoms with Crippen molar-refractivity contribution >= 4 is 18.0 Å². The molecule has 1 atom stereocenters. The number of carbonyl (C=O) groups excluding carboxylic acids is 2. The molecule has 0 aliphatic carbocycles. The quantitative estimate of drug-likeness (QED) is 0.501. The first-order valence-electron chi connectivity index (χ1n) is 5.66. The number of ether oxygens (including phenoxy) is 1. The zero-order valence-corrected chi connectivity index (χ0v) is 10.5. The predicted octanol–water partition coefficient (Wildman–Crippen LogP) is 0.934. The molecule has 18 heavy (non-hydrogen) atoms. The van der Waals surface area contributed by atoms with Gasteiger partial charge in [0.1, 0.15) is 0 Å². The van der Waals surface area contributed by atoms with Crippen LogP contribution in [0.5, 0.6) is 0 Å². The molecule has 7 heteroatoms. The van der Waals surface area contributed by atoms with E-state index in [1.165, 1.54) is 0 Å². The first kappa shape index (κ1) is 16.4. The van der Waals surface area contributed by atoms with Crippen LogP contribution in [0.3, 0.4) is 0 Å². The molecule has 1 aliphatic heterocycles. The van der Waals surface area contributed by atoms with Crippen molar-refractivity contribution in [3.05, 3.63) is 0 Å². The molecule has 0 aromatic heterocycles. The van der Waals surface area contributed by atoms with E-state index >= 15 is 0 Å². The van der Waals surface area contributed by atoms with Crippen molar-refractivity contribution in [2.45, 2.75) is 26.7 Å². The van der Waals surface area contributed by atoms with E-state index in [9.17, 15) is 9.59 Å². The van der Waals surface area contributed by atoms with Crippen LogP contribution in [0.1, 0.15) is 26.7 Å². The Morgan fingerprint density at radius 1 is 1.44 bits per heavy atom. The molecule has 1 unspecified atom stereocenters. The second-order valence-corrected chi connectivity index (χ2v) is 4.35. The fourth-order valence-electron chi connectivity index (χ4n) is 1.38. The minimum absolute atomic E-state index is 0.150. The topological polar surface area (TPSA) is 113 Å². The maximum Gasteiger partial charge on any atom is 0.503 e. The zero-order valence-electron chi connectivity index (χ0n) is 10.5. The lowest BCUT2D eigenvalue weighted by atomic mass is 10.1. The minimum Gasteiger partial charge on any atom is -0.450 e. The van der Waals surface area contributed by atoms with Gasteiger partial charge in [-0.05, 0) is 12.3 Å². The Kier molecular flexibility index (Phi) is 7.69. The molecule has 0 aromatic carbocycles. The van der Waals surface area contributed by atoms with E-state index in [0.29, 0.717) is 32.0 Å². The van der Waals surface area contributed by atoms with Crippen LogP contribution in [-0.4, -0.2) is 41.4 Å². The molecule has 1 saturated heterocycles. The standard InChI is InChI=1S/C10H17NO3.CH2O3/c1-7(2)6-14-4-3-8-5-9(12)11-10(8)13;2-1(3)4/h7-8H,3-6H2,1-2H3,(H,11,12,13);(H2,2,3,4). The van der Waals surface area contributed by atoms with Gasteiger partial charge in [-0.2, -0.15) is 0 Å². The summed E-state index contributed by atoms with van der Waals surface area (Å²) in [6, 6.07) is 0. The number of imide groups is 1. The third-order valence-corrected chi connectivity index (χ3v) is 2.13. The number of carbonyl (C=O) groups is 3. The second kappa shape index (κ2) is 8.46. The average molecular weight is 261 g/mol. The van der Waals surface area contributed by atoms with E-state index < -0.39 is 6.16 Å². The molecule has 1 fully saturated rings. The molecule has 7 nitrogen and oxygen atoms in total. The highest BCUT2D eigenvalue weighted by molar-refractivity contribution is 6.03. The zero-order chi connectivity index (χ0) is 14.1. The Hall–Kier alpha value is -1.63. The Labute approximate surface area is 105 Å². The number of nitrogens with one attached hydrogen (secondary N) is 1. The van der Waals surface area contributed by atoms with Crippen LogP contribution in [0.25, 0.3) is 0 Å². The maximum atomic E-state index is 11.1. The molecule has 1 rings (SSSR count). The van der Waals surface area contributed by atoms with Gasteiger partial charge in [0.2, 0.25) is 11.8 Å². The SMILES string of the molecule is CC(C)COCCC1CC(=O)NC1=O.O=C(O)O. The van der Waals surface area contributed by atoms with E-state index in [4.69, 9.17) is 19.7 Å². The van der Waals surface area contributed by atoms with Crippen molar-refractivity contribution in [3.63, 3.8) is 0 Å². The van der Waals surface area contributed by atoms with Crippen LogP contribution in [-0.2, 0) is 14.3 Å². The predicted molar refractivity (Wildman–Crippen MR) is 62.2 cm³/mol. The molecule has 3 N–H and O–H groups in total. The van der Waals surface area contributed by atoms with Crippen LogP contribution in [0, 0.1) is 11.8 Å². The molecule has 1 heterocycles. The molecule has 1 aliphatic rings. The molecule has 104 valence electrons. The highest BCUT2D eigenvalue weighted by Gasteiger charge is 2.29. The van der Waals surface area contributed by atoms with Gasteiger partial charge in [0.25, 0.3) is 0 Å². The van der Waals surface area contributed by atoms with Gasteiger partial charge in [-0.1, -0.05) is 13.8 Å². The fraction of sp³-hybridized carbons (Fsp3) is 0.727. The van der Waals surface area contributed by atoms with Gasteiger partial charge in [-0.15, -0.1) is 0 Å². The third kappa shape index (κ3) is 8.51. The van der Waals surface area contributed by atoms with E-state index in [1.54, 1.807) is 0 Å². The fourth-order valence-corrected chi connectivity index (χ4v) is 1.38. The molecule has 0 radical (unpaired) electrons. The Balaban J connectivity index is 0.000000631. The highest BCUT2D eigenvalue weighted by atomic mass is 16.6. The van der Waals surface area contributed by atoms with Gasteiger partial charge < -0.3 is 14.9 Å². The smallest absolute Gasteiger partial charge is 0.450 e. The summed E-state index contributed by atoms with van der Waals surface area (Å²) in [6.07, 6.45) is -0.867.